The average molecular weight is 333 g/mol. The van der Waals surface area contributed by atoms with Gasteiger partial charge in [-0.3, -0.25) is 4.79 Å². The van der Waals surface area contributed by atoms with Gasteiger partial charge < -0.3 is 9.80 Å². The predicted molar refractivity (Wildman–Crippen MR) is 94.4 cm³/mol. The molecule has 1 aromatic rings. The summed E-state index contributed by atoms with van der Waals surface area (Å²) in [6.07, 6.45) is 8.88. The van der Waals surface area contributed by atoms with Crippen LogP contribution in [0.25, 0.3) is 0 Å². The summed E-state index contributed by atoms with van der Waals surface area (Å²) in [5, 5.41) is 0.746. The molecule has 1 aliphatic heterocycles. The molecule has 0 bridgehead atoms. The third kappa shape index (κ3) is 4.58. The summed E-state index contributed by atoms with van der Waals surface area (Å²) in [6.45, 7) is 4.40. The van der Waals surface area contributed by atoms with E-state index in [4.69, 9.17) is 11.6 Å². The van der Waals surface area contributed by atoms with Gasteiger partial charge in [0.1, 0.15) is 0 Å². The van der Waals surface area contributed by atoms with Gasteiger partial charge in [0.2, 0.25) is 5.91 Å². The van der Waals surface area contributed by atoms with Gasteiger partial charge in [-0.05, 0) is 36.8 Å². The molecule has 3 nitrogen and oxygen atoms in total. The smallest absolute Gasteiger partial charge is 0.224 e. The summed E-state index contributed by atoms with van der Waals surface area (Å²) >= 11 is 6.23. The van der Waals surface area contributed by atoms with Gasteiger partial charge in [-0.15, -0.1) is 0 Å². The van der Waals surface area contributed by atoms with Crippen LogP contribution in [0.2, 0.25) is 5.02 Å². The van der Waals surface area contributed by atoms with Crippen molar-refractivity contribution in [2.24, 2.45) is 5.92 Å². The standard InChI is InChI=1S/C19H25ClN2O/c20-18-9-5-4-8-17(18)15-22-13-12-21(11-10-19(22)23)14-16-6-2-1-3-7-16/h1-2,4-5,8-9,16H,3,6-7,10-15H2. The molecule has 4 heteroatoms. The number of hydrogen-bond donors (Lipinski definition) is 0. The van der Waals surface area contributed by atoms with E-state index in [-0.39, 0.29) is 5.91 Å². The maximum absolute atomic E-state index is 12.4. The first kappa shape index (κ1) is 16.5. The second-order valence-electron chi connectivity index (χ2n) is 6.61. The number of carbonyl (C=O) groups excluding carboxylic acids is 1. The molecule has 1 aromatic carbocycles. The highest BCUT2D eigenvalue weighted by molar-refractivity contribution is 6.31. The van der Waals surface area contributed by atoms with Crippen molar-refractivity contribution in [2.75, 3.05) is 26.2 Å². The SMILES string of the molecule is O=C1CCN(CC2CC=CCC2)CCN1Cc1ccccc1Cl. The number of halogens is 1. The van der Waals surface area contributed by atoms with E-state index in [1.807, 2.05) is 29.2 Å². The van der Waals surface area contributed by atoms with Crippen LogP contribution in [0, 0.1) is 5.92 Å². The van der Waals surface area contributed by atoms with E-state index in [0.29, 0.717) is 13.0 Å². The third-order valence-electron chi connectivity index (χ3n) is 4.89. The van der Waals surface area contributed by atoms with Crippen LogP contribution >= 0.6 is 11.6 Å². The lowest BCUT2D eigenvalue weighted by Crippen LogP contribution is -2.35. The summed E-state index contributed by atoms with van der Waals surface area (Å²) in [5.41, 5.74) is 1.04. The fourth-order valence-corrected chi connectivity index (χ4v) is 3.68. The van der Waals surface area contributed by atoms with Crippen molar-refractivity contribution in [1.29, 1.82) is 0 Å². The molecule has 0 spiro atoms. The van der Waals surface area contributed by atoms with Crippen molar-refractivity contribution < 1.29 is 4.79 Å². The zero-order valence-corrected chi connectivity index (χ0v) is 14.3. The highest BCUT2D eigenvalue weighted by Gasteiger charge is 2.23. The molecule has 124 valence electrons. The van der Waals surface area contributed by atoms with Gasteiger partial charge in [0.05, 0.1) is 0 Å². The maximum atomic E-state index is 12.4. The van der Waals surface area contributed by atoms with E-state index in [1.54, 1.807) is 0 Å². The van der Waals surface area contributed by atoms with Crippen molar-refractivity contribution in [2.45, 2.75) is 32.2 Å². The normalized spacial score (nSPS) is 23.1. The molecule has 0 N–H and O–H groups in total. The minimum atomic E-state index is 0.246. The van der Waals surface area contributed by atoms with Crippen LogP contribution in [0.4, 0.5) is 0 Å². The Kier molecular flexibility index (Phi) is 5.74. The number of rotatable bonds is 4. The molecule has 1 amide bonds. The molecule has 1 unspecified atom stereocenters. The second-order valence-corrected chi connectivity index (χ2v) is 7.01. The van der Waals surface area contributed by atoms with Crippen molar-refractivity contribution in [3.8, 4) is 0 Å². The zero-order valence-electron chi connectivity index (χ0n) is 13.6. The topological polar surface area (TPSA) is 23.6 Å². The van der Waals surface area contributed by atoms with E-state index in [0.717, 1.165) is 42.7 Å². The van der Waals surface area contributed by atoms with Gasteiger partial charge in [-0.25, -0.2) is 0 Å². The Labute approximate surface area is 143 Å². The first-order valence-electron chi connectivity index (χ1n) is 8.61. The minimum absolute atomic E-state index is 0.246. The molecule has 3 rings (SSSR count). The van der Waals surface area contributed by atoms with Crippen LogP contribution in [-0.2, 0) is 11.3 Å². The predicted octanol–water partition coefficient (Wildman–Crippen LogP) is 3.73. The Bertz CT molecular complexity index is 572. The monoisotopic (exact) mass is 332 g/mol. The molecule has 0 aromatic heterocycles. The van der Waals surface area contributed by atoms with Crippen molar-refractivity contribution in [3.05, 3.63) is 47.0 Å². The van der Waals surface area contributed by atoms with Crippen LogP contribution in [0.5, 0.6) is 0 Å². The molecule has 1 fully saturated rings. The molecule has 0 saturated carbocycles. The fraction of sp³-hybridized carbons (Fsp3) is 0.526. The van der Waals surface area contributed by atoms with E-state index in [9.17, 15) is 4.79 Å². The van der Waals surface area contributed by atoms with Gasteiger partial charge in [-0.2, -0.15) is 0 Å². The Morgan fingerprint density at radius 3 is 2.78 bits per heavy atom. The van der Waals surface area contributed by atoms with E-state index in [1.165, 1.54) is 19.3 Å². The molecular weight excluding hydrogens is 308 g/mol. The van der Waals surface area contributed by atoms with Crippen LogP contribution in [0.1, 0.15) is 31.2 Å². The van der Waals surface area contributed by atoms with Crippen LogP contribution in [0.3, 0.4) is 0 Å². The van der Waals surface area contributed by atoms with E-state index in [2.05, 4.69) is 17.1 Å². The van der Waals surface area contributed by atoms with Crippen molar-refractivity contribution >= 4 is 17.5 Å². The highest BCUT2D eigenvalue weighted by atomic mass is 35.5. The van der Waals surface area contributed by atoms with Gasteiger partial charge in [0.25, 0.3) is 0 Å². The van der Waals surface area contributed by atoms with Crippen LogP contribution in [0.15, 0.2) is 36.4 Å². The highest BCUT2D eigenvalue weighted by Crippen LogP contribution is 2.21. The number of carbonyl (C=O) groups is 1. The summed E-state index contributed by atoms with van der Waals surface area (Å²) in [5.74, 6) is 1.00. The van der Waals surface area contributed by atoms with Crippen molar-refractivity contribution in [1.82, 2.24) is 9.80 Å². The summed E-state index contributed by atoms with van der Waals surface area (Å²) < 4.78 is 0. The number of hydrogen-bond acceptors (Lipinski definition) is 2. The lowest BCUT2D eigenvalue weighted by molar-refractivity contribution is -0.130. The molecule has 1 heterocycles. The minimum Gasteiger partial charge on any atom is -0.337 e. The number of nitrogens with zero attached hydrogens (tertiary/aromatic N) is 2. The van der Waals surface area contributed by atoms with Crippen molar-refractivity contribution in [3.63, 3.8) is 0 Å². The Hall–Kier alpha value is -1.32. The van der Waals surface area contributed by atoms with E-state index < -0.39 is 0 Å². The lowest BCUT2D eigenvalue weighted by atomic mass is 9.94. The zero-order chi connectivity index (χ0) is 16.1. The Morgan fingerprint density at radius 2 is 2.00 bits per heavy atom. The molecule has 23 heavy (non-hydrogen) atoms. The molecular formula is C19H25ClN2O. The molecule has 1 saturated heterocycles. The third-order valence-corrected chi connectivity index (χ3v) is 5.26. The first-order chi connectivity index (χ1) is 11.2. The largest absolute Gasteiger partial charge is 0.337 e. The number of amides is 1. The lowest BCUT2D eigenvalue weighted by Gasteiger charge is -2.27. The van der Waals surface area contributed by atoms with Crippen LogP contribution < -0.4 is 0 Å². The molecule has 0 radical (unpaired) electrons. The van der Waals surface area contributed by atoms with E-state index >= 15 is 0 Å². The Morgan fingerprint density at radius 1 is 1.13 bits per heavy atom. The Balaban J connectivity index is 1.56. The number of benzene rings is 1. The van der Waals surface area contributed by atoms with Gasteiger partial charge >= 0.3 is 0 Å². The first-order valence-corrected chi connectivity index (χ1v) is 8.98. The number of allylic oxidation sites excluding steroid dienone is 2. The fourth-order valence-electron chi connectivity index (χ4n) is 3.48. The van der Waals surface area contributed by atoms with Gasteiger partial charge in [0, 0.05) is 44.2 Å². The van der Waals surface area contributed by atoms with Gasteiger partial charge in [-0.1, -0.05) is 42.0 Å². The second kappa shape index (κ2) is 7.98. The summed E-state index contributed by atoms with van der Waals surface area (Å²) in [4.78, 5) is 16.8. The summed E-state index contributed by atoms with van der Waals surface area (Å²) in [7, 11) is 0. The molecule has 1 atom stereocenters. The van der Waals surface area contributed by atoms with Gasteiger partial charge in [0.15, 0.2) is 0 Å². The average Bonchev–Trinajstić information content (AvgIpc) is 2.74. The maximum Gasteiger partial charge on any atom is 0.224 e. The summed E-state index contributed by atoms with van der Waals surface area (Å²) in [6, 6.07) is 7.80. The van der Waals surface area contributed by atoms with Crippen LogP contribution in [-0.4, -0.2) is 41.9 Å². The quantitative estimate of drug-likeness (QED) is 0.784. The molecule has 1 aliphatic carbocycles. The molecule has 2 aliphatic rings.